The first-order valence-electron chi connectivity index (χ1n) is 10.6. The summed E-state index contributed by atoms with van der Waals surface area (Å²) in [5, 5.41) is 9.58. The van der Waals surface area contributed by atoms with Crippen LogP contribution in [0.1, 0.15) is 48.0 Å². The number of aliphatic carboxylic acids is 1. The smallest absolute Gasteiger partial charge is 0.306 e. The van der Waals surface area contributed by atoms with Crippen molar-refractivity contribution in [2.45, 2.75) is 38.6 Å². The second-order valence-electron chi connectivity index (χ2n) is 9.27. The van der Waals surface area contributed by atoms with Gasteiger partial charge in [0.1, 0.15) is 5.82 Å². The van der Waals surface area contributed by atoms with E-state index in [4.69, 9.17) is 5.11 Å². The van der Waals surface area contributed by atoms with Gasteiger partial charge in [-0.2, -0.15) is 0 Å². The van der Waals surface area contributed by atoms with Crippen molar-refractivity contribution in [1.82, 2.24) is 4.57 Å². The van der Waals surface area contributed by atoms with Gasteiger partial charge in [-0.25, -0.2) is 4.39 Å². The fourth-order valence-electron chi connectivity index (χ4n) is 5.61. The minimum atomic E-state index is -0.701. The van der Waals surface area contributed by atoms with E-state index in [2.05, 4.69) is 22.6 Å². The van der Waals surface area contributed by atoms with Gasteiger partial charge >= 0.3 is 5.97 Å². The van der Waals surface area contributed by atoms with Gasteiger partial charge in [0.05, 0.1) is 11.4 Å². The molecule has 1 N–H and O–H groups in total. The number of hydrogen-bond donors (Lipinski definition) is 1. The Bertz CT molecular complexity index is 1170. The van der Waals surface area contributed by atoms with Crippen LogP contribution in [0.4, 0.5) is 4.39 Å². The summed E-state index contributed by atoms with van der Waals surface area (Å²) in [6, 6.07) is 12.9. The Balaban J connectivity index is 1.34. The largest absolute Gasteiger partial charge is 0.481 e. The highest BCUT2D eigenvalue weighted by molar-refractivity contribution is 14.1. The summed E-state index contributed by atoms with van der Waals surface area (Å²) in [6.07, 6.45) is 5.63. The van der Waals surface area contributed by atoms with Gasteiger partial charge in [0.15, 0.2) is 5.78 Å². The Hall–Kier alpha value is -2.22. The SMILES string of the molecule is O=C(CC1CC2(C1)CC(C(=O)O)C2)c1ccc(F)c2ccn(Cc3ccc(I)cc3)c12. The second-order valence-corrected chi connectivity index (χ2v) is 10.5. The summed E-state index contributed by atoms with van der Waals surface area (Å²) in [5.74, 6) is -0.890. The Morgan fingerprint density at radius 1 is 1.06 bits per heavy atom. The van der Waals surface area contributed by atoms with E-state index in [0.29, 0.717) is 35.3 Å². The van der Waals surface area contributed by atoms with Gasteiger partial charge < -0.3 is 9.67 Å². The van der Waals surface area contributed by atoms with Crippen LogP contribution in [0, 0.1) is 26.6 Å². The van der Waals surface area contributed by atoms with Gasteiger partial charge in [0.2, 0.25) is 0 Å². The van der Waals surface area contributed by atoms with Crippen LogP contribution in [-0.4, -0.2) is 21.4 Å². The number of ketones is 1. The van der Waals surface area contributed by atoms with E-state index >= 15 is 0 Å². The third kappa shape index (κ3) is 3.79. The first-order chi connectivity index (χ1) is 14.8. The zero-order chi connectivity index (χ0) is 21.8. The molecule has 5 rings (SSSR count). The lowest BCUT2D eigenvalue weighted by molar-refractivity contribution is -0.157. The molecular weight excluding hydrogens is 508 g/mol. The van der Waals surface area contributed by atoms with Gasteiger partial charge in [0, 0.05) is 33.7 Å². The summed E-state index contributed by atoms with van der Waals surface area (Å²) in [5.41, 5.74) is 2.48. The van der Waals surface area contributed by atoms with E-state index in [9.17, 15) is 14.0 Å². The van der Waals surface area contributed by atoms with Crippen molar-refractivity contribution >= 4 is 45.2 Å². The Morgan fingerprint density at radius 2 is 1.77 bits per heavy atom. The molecule has 2 fully saturated rings. The van der Waals surface area contributed by atoms with Gasteiger partial charge in [-0.05, 0) is 95.5 Å². The summed E-state index contributed by atoms with van der Waals surface area (Å²) in [6.45, 7) is 0.577. The maximum atomic E-state index is 14.5. The van der Waals surface area contributed by atoms with Gasteiger partial charge in [-0.3, -0.25) is 9.59 Å². The third-order valence-electron chi connectivity index (χ3n) is 7.06. The maximum Gasteiger partial charge on any atom is 0.306 e. The fraction of sp³-hybridized carbons (Fsp3) is 0.360. The summed E-state index contributed by atoms with van der Waals surface area (Å²) in [7, 11) is 0. The Labute approximate surface area is 193 Å². The number of carbonyl (C=O) groups is 2. The lowest BCUT2D eigenvalue weighted by atomic mass is 9.47. The number of fused-ring (bicyclic) bond motifs is 1. The molecule has 1 aromatic heterocycles. The molecule has 3 aromatic rings. The first kappa shape index (κ1) is 20.7. The van der Waals surface area contributed by atoms with Gasteiger partial charge in [-0.15, -0.1) is 0 Å². The lowest BCUT2D eigenvalue weighted by Crippen LogP contribution is -2.50. The number of carbonyl (C=O) groups excluding carboxylic acids is 1. The van der Waals surface area contributed by atoms with E-state index in [1.165, 1.54) is 6.07 Å². The molecule has 0 radical (unpaired) electrons. The van der Waals surface area contributed by atoms with Crippen LogP contribution < -0.4 is 0 Å². The van der Waals surface area contributed by atoms with E-state index in [0.717, 1.165) is 34.8 Å². The monoisotopic (exact) mass is 531 g/mol. The molecule has 2 saturated carbocycles. The number of aromatic nitrogens is 1. The van der Waals surface area contributed by atoms with Gasteiger partial charge in [0.25, 0.3) is 0 Å². The molecule has 0 saturated heterocycles. The van der Waals surface area contributed by atoms with Crippen LogP contribution in [0.25, 0.3) is 10.9 Å². The van der Waals surface area contributed by atoms with Crippen molar-refractivity contribution < 1.29 is 19.1 Å². The number of carboxylic acid groups (broad SMARTS) is 1. The molecule has 160 valence electrons. The van der Waals surface area contributed by atoms with Crippen molar-refractivity contribution in [3.05, 3.63) is 69.2 Å². The quantitative estimate of drug-likeness (QED) is 0.319. The molecule has 31 heavy (non-hydrogen) atoms. The molecule has 2 aliphatic carbocycles. The summed E-state index contributed by atoms with van der Waals surface area (Å²) < 4.78 is 17.6. The molecule has 0 atom stereocenters. The number of rotatable bonds is 6. The zero-order valence-corrected chi connectivity index (χ0v) is 19.1. The molecule has 0 bridgehead atoms. The zero-order valence-electron chi connectivity index (χ0n) is 17.0. The number of hydrogen-bond acceptors (Lipinski definition) is 2. The normalized spacial score (nSPS) is 24.7. The van der Waals surface area contributed by atoms with Crippen molar-refractivity contribution in [2.24, 2.45) is 17.3 Å². The highest BCUT2D eigenvalue weighted by atomic mass is 127. The van der Waals surface area contributed by atoms with E-state index < -0.39 is 5.97 Å². The number of benzene rings is 2. The van der Waals surface area contributed by atoms with Crippen LogP contribution in [-0.2, 0) is 11.3 Å². The number of halogens is 2. The highest BCUT2D eigenvalue weighted by Crippen LogP contribution is 2.62. The Morgan fingerprint density at radius 3 is 2.45 bits per heavy atom. The highest BCUT2D eigenvalue weighted by Gasteiger charge is 2.54. The predicted octanol–water partition coefficient (Wildman–Crippen LogP) is 5.90. The molecule has 4 nitrogen and oxygen atoms in total. The molecule has 0 aliphatic heterocycles. The van der Waals surface area contributed by atoms with Crippen molar-refractivity contribution in [2.75, 3.05) is 0 Å². The molecule has 1 heterocycles. The van der Waals surface area contributed by atoms with E-state index in [1.54, 1.807) is 12.1 Å². The molecule has 6 heteroatoms. The first-order valence-corrected chi connectivity index (χ1v) is 11.7. The minimum absolute atomic E-state index is 0.0431. The second kappa shape index (κ2) is 7.73. The number of Topliss-reactive ketones (excluding diaryl/α,β-unsaturated/α-hetero) is 1. The van der Waals surface area contributed by atoms with Crippen LogP contribution >= 0.6 is 22.6 Å². The maximum absolute atomic E-state index is 14.5. The Kier molecular flexibility index (Phi) is 5.15. The lowest BCUT2D eigenvalue weighted by Gasteiger charge is -2.56. The molecular formula is C25H23FINO3. The summed E-state index contributed by atoms with van der Waals surface area (Å²) >= 11 is 2.26. The molecule has 2 aromatic carbocycles. The van der Waals surface area contributed by atoms with Crippen LogP contribution in [0.2, 0.25) is 0 Å². The third-order valence-corrected chi connectivity index (χ3v) is 7.78. The van der Waals surface area contributed by atoms with Crippen molar-refractivity contribution in [3.8, 4) is 0 Å². The van der Waals surface area contributed by atoms with E-state index in [1.807, 2.05) is 35.0 Å². The topological polar surface area (TPSA) is 59.3 Å². The summed E-state index contributed by atoms with van der Waals surface area (Å²) in [4.78, 5) is 24.3. The molecule has 2 aliphatic rings. The van der Waals surface area contributed by atoms with Crippen LogP contribution in [0.5, 0.6) is 0 Å². The standard InChI is InChI=1S/C25H23FINO3/c26-21-6-5-20(22(29)9-16-10-25(11-16)12-17(13-25)24(30)31)23-19(21)7-8-28(23)14-15-1-3-18(27)4-2-15/h1-8,16-17H,9-14H2,(H,30,31). The van der Waals surface area contributed by atoms with Crippen LogP contribution in [0.3, 0.4) is 0 Å². The van der Waals surface area contributed by atoms with Crippen molar-refractivity contribution in [3.63, 3.8) is 0 Å². The number of carboxylic acids is 1. The minimum Gasteiger partial charge on any atom is -0.481 e. The molecule has 0 unspecified atom stereocenters. The predicted molar refractivity (Wildman–Crippen MR) is 125 cm³/mol. The average molecular weight is 531 g/mol. The van der Waals surface area contributed by atoms with E-state index in [-0.39, 0.29) is 22.9 Å². The number of nitrogens with zero attached hydrogens (tertiary/aromatic N) is 1. The van der Waals surface area contributed by atoms with Crippen molar-refractivity contribution in [1.29, 1.82) is 0 Å². The average Bonchev–Trinajstić information content (AvgIpc) is 3.09. The molecule has 0 amide bonds. The fourth-order valence-corrected chi connectivity index (χ4v) is 5.97. The molecule has 1 spiro atoms. The van der Waals surface area contributed by atoms with Crippen LogP contribution in [0.15, 0.2) is 48.7 Å². The van der Waals surface area contributed by atoms with Gasteiger partial charge in [-0.1, -0.05) is 12.1 Å².